The summed E-state index contributed by atoms with van der Waals surface area (Å²) in [7, 11) is 0. The highest BCUT2D eigenvalue weighted by Crippen LogP contribution is 2.42. The first-order valence-corrected chi connectivity index (χ1v) is 17.5. The lowest BCUT2D eigenvalue weighted by Crippen LogP contribution is -2.08. The van der Waals surface area contributed by atoms with Crippen molar-refractivity contribution in [2.75, 3.05) is 0 Å². The number of fused-ring (bicyclic) bond motifs is 6. The number of hydrogen-bond acceptors (Lipinski definition) is 0. The smallest absolute Gasteiger partial charge is 0.0562 e. The first kappa shape index (κ1) is 28.6. The van der Waals surface area contributed by atoms with Gasteiger partial charge in [0.25, 0.3) is 0 Å². The van der Waals surface area contributed by atoms with Crippen molar-refractivity contribution in [3.05, 3.63) is 194 Å². The molecular formula is C48H34N2. The van der Waals surface area contributed by atoms with Gasteiger partial charge in [0, 0.05) is 32.7 Å². The number of para-hydroxylation sites is 2. The van der Waals surface area contributed by atoms with Crippen LogP contribution in [-0.2, 0) is 0 Å². The van der Waals surface area contributed by atoms with Gasteiger partial charge in [-0.3, -0.25) is 0 Å². The molecule has 0 N–H and O–H groups in total. The Morgan fingerprint density at radius 1 is 0.400 bits per heavy atom. The Bertz CT molecular complexity index is 2700. The van der Waals surface area contributed by atoms with Crippen LogP contribution in [0.2, 0.25) is 0 Å². The summed E-state index contributed by atoms with van der Waals surface area (Å²) in [5.41, 5.74) is 13.5. The van der Waals surface area contributed by atoms with Crippen LogP contribution in [-0.4, -0.2) is 9.13 Å². The molecule has 0 amide bonds. The van der Waals surface area contributed by atoms with Crippen molar-refractivity contribution in [3.63, 3.8) is 0 Å². The average Bonchev–Trinajstić information content (AvgIpc) is 3.70. The standard InChI is InChI=1S/C48H34N2/c1-4-14-33(15-5-1)36-24-26-39(27-25-36)49-45-22-12-10-20-41(45)43-31-44-42-21-11-13-23-46(42)50(48(44)32-47(43)49)40-29-37(34-16-6-2-7-17-34)28-38(30-40)35-18-8-3-9-19-35/h1-26,28-32,39H,27H2. The Kier molecular flexibility index (Phi) is 6.67. The fourth-order valence-corrected chi connectivity index (χ4v) is 8.08. The van der Waals surface area contributed by atoms with Crippen molar-refractivity contribution in [1.29, 1.82) is 0 Å². The third-order valence-corrected chi connectivity index (χ3v) is 10.4. The highest BCUT2D eigenvalue weighted by atomic mass is 15.0. The molecule has 7 aromatic carbocycles. The Labute approximate surface area is 291 Å². The SMILES string of the molecule is C1=CC(n2c3ccccc3c3cc4c5ccccc5n(-c5cc(-c6ccccc6)cc(-c6ccccc6)c5)c4cc32)CC=C1c1ccccc1. The van der Waals surface area contributed by atoms with Gasteiger partial charge in [-0.25, -0.2) is 0 Å². The molecule has 1 aliphatic carbocycles. The molecule has 50 heavy (non-hydrogen) atoms. The number of allylic oxidation sites excluding steroid dienone is 4. The summed E-state index contributed by atoms with van der Waals surface area (Å²) < 4.78 is 5.05. The molecule has 236 valence electrons. The maximum atomic E-state index is 2.57. The molecule has 2 aromatic heterocycles. The third-order valence-electron chi connectivity index (χ3n) is 10.4. The maximum Gasteiger partial charge on any atom is 0.0562 e. The second-order valence-corrected chi connectivity index (χ2v) is 13.3. The molecule has 1 atom stereocenters. The molecule has 2 heteroatoms. The fourth-order valence-electron chi connectivity index (χ4n) is 8.08. The van der Waals surface area contributed by atoms with E-state index in [0.29, 0.717) is 0 Å². The van der Waals surface area contributed by atoms with Gasteiger partial charge < -0.3 is 9.13 Å². The summed E-state index contributed by atoms with van der Waals surface area (Å²) >= 11 is 0. The van der Waals surface area contributed by atoms with E-state index in [2.05, 4.69) is 197 Å². The van der Waals surface area contributed by atoms with Crippen molar-refractivity contribution in [1.82, 2.24) is 9.13 Å². The van der Waals surface area contributed by atoms with Gasteiger partial charge in [0.2, 0.25) is 0 Å². The lowest BCUT2D eigenvalue weighted by molar-refractivity contribution is 0.649. The molecule has 0 aliphatic heterocycles. The molecule has 0 fully saturated rings. The zero-order chi connectivity index (χ0) is 33.0. The predicted octanol–water partition coefficient (Wildman–Crippen LogP) is 12.8. The van der Waals surface area contributed by atoms with E-state index in [0.717, 1.165) is 12.1 Å². The lowest BCUT2D eigenvalue weighted by atomic mass is 9.97. The Morgan fingerprint density at radius 3 is 1.56 bits per heavy atom. The normalized spacial score (nSPS) is 14.6. The summed E-state index contributed by atoms with van der Waals surface area (Å²) in [6, 6.07) is 62.1. The Hall–Kier alpha value is -6.38. The van der Waals surface area contributed by atoms with Crippen molar-refractivity contribution in [2.45, 2.75) is 12.5 Å². The molecule has 0 bridgehead atoms. The topological polar surface area (TPSA) is 9.86 Å². The van der Waals surface area contributed by atoms with Crippen LogP contribution in [0.5, 0.6) is 0 Å². The largest absolute Gasteiger partial charge is 0.333 e. The fraction of sp³-hybridized carbons (Fsp3) is 0.0417. The van der Waals surface area contributed by atoms with Crippen molar-refractivity contribution in [2.24, 2.45) is 0 Å². The molecule has 2 heterocycles. The van der Waals surface area contributed by atoms with Crippen LogP contribution >= 0.6 is 0 Å². The van der Waals surface area contributed by atoms with Crippen LogP contribution in [0, 0.1) is 0 Å². The monoisotopic (exact) mass is 638 g/mol. The number of hydrogen-bond donors (Lipinski definition) is 0. The number of benzene rings is 7. The minimum absolute atomic E-state index is 0.214. The first-order valence-electron chi connectivity index (χ1n) is 17.5. The van der Waals surface area contributed by atoms with Gasteiger partial charge in [0.15, 0.2) is 0 Å². The zero-order valence-corrected chi connectivity index (χ0v) is 27.6. The van der Waals surface area contributed by atoms with Gasteiger partial charge in [-0.1, -0.05) is 146 Å². The van der Waals surface area contributed by atoms with E-state index < -0.39 is 0 Å². The molecule has 1 unspecified atom stereocenters. The highest BCUT2D eigenvalue weighted by Gasteiger charge is 2.22. The van der Waals surface area contributed by atoms with Crippen molar-refractivity contribution >= 4 is 49.2 Å². The minimum atomic E-state index is 0.214. The third kappa shape index (κ3) is 4.64. The van der Waals surface area contributed by atoms with Crippen LogP contribution in [0.25, 0.3) is 77.1 Å². The zero-order valence-electron chi connectivity index (χ0n) is 27.6. The van der Waals surface area contributed by atoms with E-state index >= 15 is 0 Å². The summed E-state index contributed by atoms with van der Waals surface area (Å²) in [6.45, 7) is 0. The van der Waals surface area contributed by atoms with Gasteiger partial charge in [0.1, 0.15) is 0 Å². The summed E-state index contributed by atoms with van der Waals surface area (Å²) in [5.74, 6) is 0. The summed E-state index contributed by atoms with van der Waals surface area (Å²) in [6.07, 6.45) is 8.04. The molecule has 0 saturated heterocycles. The Balaban J connectivity index is 1.23. The van der Waals surface area contributed by atoms with Crippen molar-refractivity contribution < 1.29 is 0 Å². The van der Waals surface area contributed by atoms with Crippen molar-refractivity contribution in [3.8, 4) is 27.9 Å². The second kappa shape index (κ2) is 11.6. The molecule has 2 nitrogen and oxygen atoms in total. The summed E-state index contributed by atoms with van der Waals surface area (Å²) in [4.78, 5) is 0. The summed E-state index contributed by atoms with van der Waals surface area (Å²) in [5, 5.41) is 5.13. The van der Waals surface area contributed by atoms with Gasteiger partial charge >= 0.3 is 0 Å². The highest BCUT2D eigenvalue weighted by molar-refractivity contribution is 6.18. The Morgan fingerprint density at radius 2 is 0.940 bits per heavy atom. The predicted molar refractivity (Wildman–Crippen MR) is 212 cm³/mol. The molecule has 1 aliphatic rings. The van der Waals surface area contributed by atoms with Gasteiger partial charge in [-0.2, -0.15) is 0 Å². The number of nitrogens with zero attached hydrogens (tertiary/aromatic N) is 2. The number of rotatable bonds is 5. The molecular weight excluding hydrogens is 605 g/mol. The molecule has 10 rings (SSSR count). The molecule has 9 aromatic rings. The van der Waals surface area contributed by atoms with Gasteiger partial charge in [-0.15, -0.1) is 0 Å². The molecule has 0 radical (unpaired) electrons. The van der Waals surface area contributed by atoms with E-state index in [1.54, 1.807) is 0 Å². The average molecular weight is 639 g/mol. The van der Waals surface area contributed by atoms with E-state index in [9.17, 15) is 0 Å². The van der Waals surface area contributed by atoms with E-state index in [-0.39, 0.29) is 6.04 Å². The van der Waals surface area contributed by atoms with Gasteiger partial charge in [-0.05, 0) is 82.3 Å². The van der Waals surface area contributed by atoms with Crippen LogP contribution < -0.4 is 0 Å². The molecule has 0 spiro atoms. The lowest BCUT2D eigenvalue weighted by Gasteiger charge is -2.21. The van der Waals surface area contributed by atoms with Crippen LogP contribution in [0.15, 0.2) is 188 Å². The quantitative estimate of drug-likeness (QED) is 0.178. The number of aromatic nitrogens is 2. The minimum Gasteiger partial charge on any atom is -0.333 e. The van der Waals surface area contributed by atoms with Gasteiger partial charge in [0.05, 0.1) is 22.6 Å². The van der Waals surface area contributed by atoms with Crippen LogP contribution in [0.3, 0.4) is 0 Å². The van der Waals surface area contributed by atoms with E-state index in [1.807, 2.05) is 0 Å². The second-order valence-electron chi connectivity index (χ2n) is 13.3. The van der Waals surface area contributed by atoms with Crippen LogP contribution in [0.1, 0.15) is 18.0 Å². The maximum absolute atomic E-state index is 2.57. The van der Waals surface area contributed by atoms with E-state index in [1.165, 1.54) is 77.0 Å². The van der Waals surface area contributed by atoms with Crippen LogP contribution in [0.4, 0.5) is 0 Å². The first-order chi connectivity index (χ1) is 24.8. The molecule has 0 saturated carbocycles. The van der Waals surface area contributed by atoms with E-state index in [4.69, 9.17) is 0 Å².